The fourth-order valence-electron chi connectivity index (χ4n) is 2.19. The number of benzene rings is 1. The van der Waals surface area contributed by atoms with Gasteiger partial charge in [-0.15, -0.1) is 0 Å². The Morgan fingerprint density at radius 2 is 1.80 bits per heavy atom. The fraction of sp³-hybridized carbons (Fsp3) is 0.375. The van der Waals surface area contributed by atoms with Gasteiger partial charge in [-0.05, 0) is 44.5 Å². The Morgan fingerprint density at radius 3 is 2.40 bits per heavy atom. The Bertz CT molecular complexity index is 552. The van der Waals surface area contributed by atoms with E-state index in [2.05, 4.69) is 29.1 Å². The average molecular weight is 271 g/mol. The Morgan fingerprint density at radius 1 is 1.05 bits per heavy atom. The fourth-order valence-corrected chi connectivity index (χ4v) is 2.19. The highest BCUT2D eigenvalue weighted by Crippen LogP contribution is 2.27. The van der Waals surface area contributed by atoms with E-state index in [9.17, 15) is 0 Å². The van der Waals surface area contributed by atoms with Crippen molar-refractivity contribution in [3.05, 3.63) is 36.2 Å². The number of hydrogen-bond acceptors (Lipinski definition) is 4. The van der Waals surface area contributed by atoms with Gasteiger partial charge in [0.25, 0.3) is 0 Å². The number of aromatic nitrogens is 2. The first-order valence-corrected chi connectivity index (χ1v) is 7.11. The van der Waals surface area contributed by atoms with Crippen molar-refractivity contribution in [2.75, 3.05) is 18.5 Å². The Balaban J connectivity index is 2.38. The van der Waals surface area contributed by atoms with Gasteiger partial charge in [-0.1, -0.05) is 6.92 Å². The number of anilines is 1. The molecule has 1 heterocycles. The molecular formula is C16H21N3O. The van der Waals surface area contributed by atoms with E-state index in [0.29, 0.717) is 6.61 Å². The molecule has 0 bridgehead atoms. The van der Waals surface area contributed by atoms with Crippen LogP contribution in [0.25, 0.3) is 11.3 Å². The minimum absolute atomic E-state index is 0.678. The van der Waals surface area contributed by atoms with Gasteiger partial charge in [0.1, 0.15) is 17.9 Å². The van der Waals surface area contributed by atoms with E-state index >= 15 is 0 Å². The molecule has 20 heavy (non-hydrogen) atoms. The summed E-state index contributed by atoms with van der Waals surface area (Å²) in [6.07, 6.45) is 2.51. The summed E-state index contributed by atoms with van der Waals surface area (Å²) in [5.41, 5.74) is 3.23. The van der Waals surface area contributed by atoms with Crippen LogP contribution >= 0.6 is 0 Å². The SMILES string of the molecule is CCNc1ncnc(-c2ccc(OCC)cc2)c1CC. The number of rotatable bonds is 6. The summed E-state index contributed by atoms with van der Waals surface area (Å²) in [5, 5.41) is 3.29. The van der Waals surface area contributed by atoms with Crippen molar-refractivity contribution in [2.45, 2.75) is 27.2 Å². The monoisotopic (exact) mass is 271 g/mol. The van der Waals surface area contributed by atoms with E-state index < -0.39 is 0 Å². The van der Waals surface area contributed by atoms with Crippen molar-refractivity contribution in [1.82, 2.24) is 9.97 Å². The van der Waals surface area contributed by atoms with Crippen LogP contribution in [0.1, 0.15) is 26.3 Å². The Labute approximate surface area is 120 Å². The molecule has 1 aromatic heterocycles. The summed E-state index contributed by atoms with van der Waals surface area (Å²) in [5.74, 6) is 1.81. The topological polar surface area (TPSA) is 47.0 Å². The van der Waals surface area contributed by atoms with Crippen molar-refractivity contribution in [3.63, 3.8) is 0 Å². The lowest BCUT2D eigenvalue weighted by atomic mass is 10.0. The molecule has 0 radical (unpaired) electrons. The number of ether oxygens (including phenoxy) is 1. The number of nitrogens with one attached hydrogen (secondary N) is 1. The lowest BCUT2D eigenvalue weighted by molar-refractivity contribution is 0.340. The smallest absolute Gasteiger partial charge is 0.133 e. The Hall–Kier alpha value is -2.10. The minimum atomic E-state index is 0.678. The second-order valence-electron chi connectivity index (χ2n) is 4.39. The summed E-state index contributed by atoms with van der Waals surface area (Å²) in [7, 11) is 0. The van der Waals surface area contributed by atoms with E-state index in [1.54, 1.807) is 6.33 Å². The van der Waals surface area contributed by atoms with Gasteiger partial charge in [0.2, 0.25) is 0 Å². The number of nitrogens with zero attached hydrogens (tertiary/aromatic N) is 2. The van der Waals surface area contributed by atoms with Gasteiger partial charge in [0.15, 0.2) is 0 Å². The predicted octanol–water partition coefficient (Wildman–Crippen LogP) is 3.54. The standard InChI is InChI=1S/C16H21N3O/c1-4-14-15(18-11-19-16(14)17-5-2)12-7-9-13(10-8-12)20-6-3/h7-11H,4-6H2,1-3H3,(H,17,18,19). The van der Waals surface area contributed by atoms with Crippen LogP contribution < -0.4 is 10.1 Å². The third kappa shape index (κ3) is 3.07. The van der Waals surface area contributed by atoms with Gasteiger partial charge in [-0.2, -0.15) is 0 Å². The second-order valence-corrected chi connectivity index (χ2v) is 4.39. The summed E-state index contributed by atoms with van der Waals surface area (Å²) in [6, 6.07) is 8.05. The summed E-state index contributed by atoms with van der Waals surface area (Å²) < 4.78 is 5.47. The molecule has 0 spiro atoms. The molecule has 0 saturated carbocycles. The molecule has 0 aliphatic carbocycles. The molecule has 0 unspecified atom stereocenters. The first kappa shape index (κ1) is 14.3. The lowest BCUT2D eigenvalue weighted by Gasteiger charge is -2.12. The van der Waals surface area contributed by atoms with Crippen LogP contribution in [-0.4, -0.2) is 23.1 Å². The molecule has 106 valence electrons. The molecule has 0 aliphatic heterocycles. The molecular weight excluding hydrogens is 250 g/mol. The third-order valence-electron chi connectivity index (χ3n) is 3.08. The summed E-state index contributed by atoms with van der Waals surface area (Å²) >= 11 is 0. The quantitative estimate of drug-likeness (QED) is 0.873. The zero-order valence-corrected chi connectivity index (χ0v) is 12.3. The molecule has 0 aliphatic rings. The maximum atomic E-state index is 5.47. The molecule has 2 aromatic rings. The predicted molar refractivity (Wildman–Crippen MR) is 82.2 cm³/mol. The molecule has 0 saturated heterocycles. The van der Waals surface area contributed by atoms with Crippen LogP contribution in [0.3, 0.4) is 0 Å². The van der Waals surface area contributed by atoms with E-state index in [-0.39, 0.29) is 0 Å². The van der Waals surface area contributed by atoms with Crippen molar-refractivity contribution < 1.29 is 4.74 Å². The highest BCUT2D eigenvalue weighted by atomic mass is 16.5. The van der Waals surface area contributed by atoms with Gasteiger partial charge in [-0.3, -0.25) is 0 Å². The summed E-state index contributed by atoms with van der Waals surface area (Å²) in [4.78, 5) is 8.77. The van der Waals surface area contributed by atoms with E-state index in [4.69, 9.17) is 4.74 Å². The Kier molecular flexibility index (Phi) is 4.93. The maximum Gasteiger partial charge on any atom is 0.133 e. The molecule has 2 rings (SSSR count). The summed E-state index contributed by atoms with van der Waals surface area (Å²) in [6.45, 7) is 7.70. The maximum absolute atomic E-state index is 5.47. The molecule has 1 aromatic carbocycles. The molecule has 0 atom stereocenters. The zero-order chi connectivity index (χ0) is 14.4. The van der Waals surface area contributed by atoms with Crippen LogP contribution in [0.2, 0.25) is 0 Å². The largest absolute Gasteiger partial charge is 0.494 e. The van der Waals surface area contributed by atoms with Gasteiger partial charge < -0.3 is 10.1 Å². The lowest BCUT2D eigenvalue weighted by Crippen LogP contribution is -2.05. The van der Waals surface area contributed by atoms with Crippen LogP contribution in [0, 0.1) is 0 Å². The van der Waals surface area contributed by atoms with Crippen LogP contribution in [0.15, 0.2) is 30.6 Å². The molecule has 0 fully saturated rings. The highest BCUT2D eigenvalue weighted by Gasteiger charge is 2.11. The van der Waals surface area contributed by atoms with Gasteiger partial charge in [0, 0.05) is 17.7 Å². The third-order valence-corrected chi connectivity index (χ3v) is 3.08. The zero-order valence-electron chi connectivity index (χ0n) is 12.3. The normalized spacial score (nSPS) is 10.3. The van der Waals surface area contributed by atoms with Crippen LogP contribution in [0.4, 0.5) is 5.82 Å². The van der Waals surface area contributed by atoms with Crippen molar-refractivity contribution in [3.8, 4) is 17.0 Å². The average Bonchev–Trinajstić information content (AvgIpc) is 2.48. The highest BCUT2D eigenvalue weighted by molar-refractivity contribution is 5.68. The first-order chi connectivity index (χ1) is 9.80. The van der Waals surface area contributed by atoms with Crippen molar-refractivity contribution in [2.24, 2.45) is 0 Å². The van der Waals surface area contributed by atoms with E-state index in [0.717, 1.165) is 41.4 Å². The molecule has 4 heteroatoms. The molecule has 4 nitrogen and oxygen atoms in total. The molecule has 0 amide bonds. The number of hydrogen-bond donors (Lipinski definition) is 1. The van der Waals surface area contributed by atoms with Crippen LogP contribution in [-0.2, 0) is 6.42 Å². The van der Waals surface area contributed by atoms with Gasteiger partial charge in [-0.25, -0.2) is 9.97 Å². The van der Waals surface area contributed by atoms with Crippen LogP contribution in [0.5, 0.6) is 5.75 Å². The van der Waals surface area contributed by atoms with Crippen molar-refractivity contribution in [1.29, 1.82) is 0 Å². The van der Waals surface area contributed by atoms with E-state index in [1.807, 2.05) is 31.2 Å². The van der Waals surface area contributed by atoms with Gasteiger partial charge in [0.05, 0.1) is 12.3 Å². The second kappa shape index (κ2) is 6.89. The van der Waals surface area contributed by atoms with Crippen molar-refractivity contribution >= 4 is 5.82 Å². The first-order valence-electron chi connectivity index (χ1n) is 7.11. The molecule has 1 N–H and O–H groups in total. The minimum Gasteiger partial charge on any atom is -0.494 e. The van der Waals surface area contributed by atoms with Gasteiger partial charge >= 0.3 is 0 Å². The van der Waals surface area contributed by atoms with E-state index in [1.165, 1.54) is 0 Å².